The van der Waals surface area contributed by atoms with Gasteiger partial charge in [0.15, 0.2) is 0 Å². The number of amides is 1. The van der Waals surface area contributed by atoms with Crippen LogP contribution in [0.3, 0.4) is 0 Å². The van der Waals surface area contributed by atoms with E-state index < -0.39 is 0 Å². The Morgan fingerprint density at radius 1 is 1.26 bits per heavy atom. The molecule has 6 nitrogen and oxygen atoms in total. The van der Waals surface area contributed by atoms with Gasteiger partial charge >= 0.3 is 11.9 Å². The lowest BCUT2D eigenvalue weighted by molar-refractivity contribution is -0.145. The second-order valence-electron chi connectivity index (χ2n) is 8.02. The zero-order valence-electron chi connectivity index (χ0n) is 15.2. The highest BCUT2D eigenvalue weighted by molar-refractivity contribution is 9.09. The minimum Gasteiger partial charge on any atom is -0.462 e. The molecule has 1 aromatic rings. The first-order chi connectivity index (χ1) is 12.9. The number of hydrogen-bond acceptors (Lipinski definition) is 5. The number of nitrogens with one attached hydrogen (secondary N) is 1. The van der Waals surface area contributed by atoms with E-state index in [1.807, 2.05) is 13.8 Å². The molecule has 0 radical (unpaired) electrons. The number of rotatable bonds is 5. The summed E-state index contributed by atoms with van der Waals surface area (Å²) >= 11 is 3.61. The first kappa shape index (κ1) is 18.5. The van der Waals surface area contributed by atoms with E-state index in [4.69, 9.17) is 9.47 Å². The number of ether oxygens (including phenoxy) is 2. The van der Waals surface area contributed by atoms with Crippen LogP contribution in [0.2, 0.25) is 0 Å². The van der Waals surface area contributed by atoms with Crippen LogP contribution >= 0.6 is 15.9 Å². The third kappa shape index (κ3) is 3.16. The molecule has 2 saturated carbocycles. The lowest BCUT2D eigenvalue weighted by Crippen LogP contribution is -2.40. The maximum Gasteiger partial charge on any atom is 0.338 e. The smallest absolute Gasteiger partial charge is 0.338 e. The number of esters is 2. The summed E-state index contributed by atoms with van der Waals surface area (Å²) in [7, 11) is 0. The molecule has 2 aliphatic carbocycles. The number of alkyl halides is 1. The van der Waals surface area contributed by atoms with Crippen LogP contribution in [-0.2, 0) is 19.1 Å². The van der Waals surface area contributed by atoms with Crippen LogP contribution in [0.15, 0.2) is 24.3 Å². The van der Waals surface area contributed by atoms with Crippen molar-refractivity contribution in [1.82, 2.24) is 0 Å². The molecule has 1 amide bonds. The van der Waals surface area contributed by atoms with Crippen LogP contribution < -0.4 is 5.32 Å². The number of benzene rings is 1. The molecule has 1 saturated heterocycles. The van der Waals surface area contributed by atoms with Crippen LogP contribution in [0.4, 0.5) is 5.69 Å². The van der Waals surface area contributed by atoms with Gasteiger partial charge in [0.2, 0.25) is 5.91 Å². The number of hydrogen-bond donors (Lipinski definition) is 1. The Balaban J connectivity index is 1.42. The molecule has 144 valence electrons. The summed E-state index contributed by atoms with van der Waals surface area (Å²) in [5.41, 5.74) is 1.04. The predicted octanol–water partition coefficient (Wildman–Crippen LogP) is 3.01. The molecule has 7 heteroatoms. The molecule has 3 fully saturated rings. The van der Waals surface area contributed by atoms with E-state index in [9.17, 15) is 14.4 Å². The molecule has 4 rings (SSSR count). The van der Waals surface area contributed by atoms with Crippen LogP contribution in [0.1, 0.15) is 30.6 Å². The quantitative estimate of drug-likeness (QED) is 0.567. The fraction of sp³-hybridized carbons (Fsp3) is 0.550. The van der Waals surface area contributed by atoms with E-state index in [1.54, 1.807) is 24.3 Å². The van der Waals surface area contributed by atoms with Crippen LogP contribution in [0.5, 0.6) is 0 Å². The van der Waals surface area contributed by atoms with Crippen LogP contribution in [0, 0.1) is 29.6 Å². The normalized spacial score (nSPS) is 33.3. The van der Waals surface area contributed by atoms with Crippen molar-refractivity contribution in [2.75, 3.05) is 11.9 Å². The van der Waals surface area contributed by atoms with Crippen molar-refractivity contribution in [2.24, 2.45) is 29.6 Å². The summed E-state index contributed by atoms with van der Waals surface area (Å²) in [6.07, 6.45) is 0.753. The molecule has 1 N–H and O–H groups in total. The molecule has 1 aromatic carbocycles. The van der Waals surface area contributed by atoms with Gasteiger partial charge < -0.3 is 14.8 Å². The number of fused-ring (bicyclic) bond motifs is 1. The van der Waals surface area contributed by atoms with Crippen molar-refractivity contribution in [3.8, 4) is 0 Å². The Hall–Kier alpha value is -1.89. The predicted molar refractivity (Wildman–Crippen MR) is 101 cm³/mol. The summed E-state index contributed by atoms with van der Waals surface area (Å²) in [6, 6.07) is 6.62. The Labute approximate surface area is 166 Å². The Bertz CT molecular complexity index is 777. The second-order valence-corrected chi connectivity index (χ2v) is 9.08. The maximum absolute atomic E-state index is 12.8. The van der Waals surface area contributed by atoms with Crippen molar-refractivity contribution in [3.05, 3.63) is 29.8 Å². The van der Waals surface area contributed by atoms with E-state index in [1.165, 1.54) is 0 Å². The van der Waals surface area contributed by atoms with Gasteiger partial charge in [-0.25, -0.2) is 4.79 Å². The van der Waals surface area contributed by atoms with E-state index in [0.717, 1.165) is 6.42 Å². The summed E-state index contributed by atoms with van der Waals surface area (Å²) in [5.74, 6) is -0.976. The van der Waals surface area contributed by atoms with Gasteiger partial charge in [0.1, 0.15) is 6.10 Å². The Morgan fingerprint density at radius 2 is 1.96 bits per heavy atom. The molecule has 3 aliphatic rings. The van der Waals surface area contributed by atoms with Gasteiger partial charge in [-0.2, -0.15) is 0 Å². The molecule has 2 bridgehead atoms. The molecule has 27 heavy (non-hydrogen) atoms. The summed E-state index contributed by atoms with van der Waals surface area (Å²) in [5, 5.41) is 2.89. The highest BCUT2D eigenvalue weighted by Gasteiger charge is 2.67. The summed E-state index contributed by atoms with van der Waals surface area (Å²) in [4.78, 5) is 37.0. The standard InChI is InChI=1S/C20H22BrNO5/c1-9(2)8-26-19(24)10-3-5-11(6-4-10)22-18(23)14-12-7-13-15(14)20(25)27-17(13)16(12)21/h3-6,9,12-17H,7-8H2,1-2H3,(H,22,23)/t12-,13-,14-,15-,16+,17+/m1/s1. The topological polar surface area (TPSA) is 81.7 Å². The van der Waals surface area contributed by atoms with E-state index in [-0.39, 0.29) is 58.4 Å². The van der Waals surface area contributed by atoms with Gasteiger partial charge in [-0.05, 0) is 42.5 Å². The maximum atomic E-state index is 12.8. The van der Waals surface area contributed by atoms with Crippen LogP contribution in [-0.4, -0.2) is 35.4 Å². The number of carbonyl (C=O) groups is 3. The lowest BCUT2D eigenvalue weighted by Gasteiger charge is -2.27. The van der Waals surface area contributed by atoms with Gasteiger partial charge in [0.05, 0.1) is 28.8 Å². The highest BCUT2D eigenvalue weighted by atomic mass is 79.9. The number of halogens is 1. The zero-order valence-corrected chi connectivity index (χ0v) is 16.8. The summed E-state index contributed by atoms with van der Waals surface area (Å²) < 4.78 is 10.6. The van der Waals surface area contributed by atoms with Gasteiger partial charge in [-0.1, -0.05) is 29.8 Å². The number of carbonyl (C=O) groups excluding carboxylic acids is 3. The second kappa shape index (κ2) is 6.93. The molecule has 0 unspecified atom stereocenters. The molecule has 6 atom stereocenters. The van der Waals surface area contributed by atoms with Crippen molar-refractivity contribution in [2.45, 2.75) is 31.2 Å². The average Bonchev–Trinajstić information content (AvgIpc) is 3.24. The Kier molecular flexibility index (Phi) is 4.74. The molecule has 0 spiro atoms. The minimum atomic E-state index is -0.378. The van der Waals surface area contributed by atoms with Crippen molar-refractivity contribution >= 4 is 39.5 Å². The number of anilines is 1. The van der Waals surface area contributed by atoms with Gasteiger partial charge in [-0.15, -0.1) is 0 Å². The molecule has 0 aromatic heterocycles. The SMILES string of the molecule is CC(C)COC(=O)c1ccc(NC(=O)[C@@H]2[C@H]3C[C@H]4[C@H](OC(=O)[C@H]42)[C@H]3Br)cc1. The van der Waals surface area contributed by atoms with Crippen LogP contribution in [0.25, 0.3) is 0 Å². The monoisotopic (exact) mass is 435 g/mol. The first-order valence-corrected chi connectivity index (χ1v) is 10.2. The third-order valence-corrected chi connectivity index (χ3v) is 6.96. The van der Waals surface area contributed by atoms with E-state index >= 15 is 0 Å². The lowest BCUT2D eigenvalue weighted by atomic mass is 9.79. The van der Waals surface area contributed by atoms with E-state index in [2.05, 4.69) is 21.2 Å². The van der Waals surface area contributed by atoms with Gasteiger partial charge in [0, 0.05) is 11.6 Å². The fourth-order valence-electron chi connectivity index (χ4n) is 4.57. The third-order valence-electron chi connectivity index (χ3n) is 5.76. The summed E-state index contributed by atoms with van der Waals surface area (Å²) in [6.45, 7) is 4.32. The minimum absolute atomic E-state index is 0.0408. The largest absolute Gasteiger partial charge is 0.462 e. The fourth-order valence-corrected chi connectivity index (χ4v) is 5.62. The first-order valence-electron chi connectivity index (χ1n) is 9.29. The highest BCUT2D eigenvalue weighted by Crippen LogP contribution is 2.60. The Morgan fingerprint density at radius 3 is 2.63 bits per heavy atom. The van der Waals surface area contributed by atoms with Gasteiger partial charge in [-0.3, -0.25) is 9.59 Å². The molecular formula is C20H22BrNO5. The molecule has 1 heterocycles. The molecule has 1 aliphatic heterocycles. The van der Waals surface area contributed by atoms with Gasteiger partial charge in [0.25, 0.3) is 0 Å². The van der Waals surface area contributed by atoms with Crippen molar-refractivity contribution in [1.29, 1.82) is 0 Å². The zero-order chi connectivity index (χ0) is 19.3. The van der Waals surface area contributed by atoms with E-state index in [0.29, 0.717) is 17.9 Å². The van der Waals surface area contributed by atoms with Crippen molar-refractivity contribution < 1.29 is 23.9 Å². The molecular weight excluding hydrogens is 414 g/mol. The average molecular weight is 436 g/mol. The van der Waals surface area contributed by atoms with Crippen molar-refractivity contribution in [3.63, 3.8) is 0 Å².